The average Bonchev–Trinajstić information content (AvgIpc) is 2.71. The van der Waals surface area contributed by atoms with Gasteiger partial charge in [0, 0.05) is 36.9 Å². The van der Waals surface area contributed by atoms with Gasteiger partial charge in [0.2, 0.25) is 0 Å². The van der Waals surface area contributed by atoms with Crippen LogP contribution in [0.5, 0.6) is 0 Å². The molecule has 1 aromatic heterocycles. The first-order valence-electron chi connectivity index (χ1n) is 9.39. The number of urea groups is 1. The molecule has 2 aliphatic rings. The summed E-state index contributed by atoms with van der Waals surface area (Å²) in [6.07, 6.45) is -2.36. The van der Waals surface area contributed by atoms with Crippen molar-refractivity contribution < 1.29 is 32.3 Å². The van der Waals surface area contributed by atoms with Gasteiger partial charge in [-0.25, -0.2) is 14.0 Å². The van der Waals surface area contributed by atoms with E-state index in [-0.39, 0.29) is 23.8 Å². The Bertz CT molecular complexity index is 955. The number of rotatable bonds is 2. The van der Waals surface area contributed by atoms with E-state index >= 15 is 0 Å². The van der Waals surface area contributed by atoms with Crippen molar-refractivity contribution in [3.63, 3.8) is 0 Å². The Morgan fingerprint density at radius 2 is 1.87 bits per heavy atom. The monoisotopic (exact) mass is 440 g/mol. The number of hydrogen-bond acceptors (Lipinski definition) is 4. The number of carboxylic acids is 1. The summed E-state index contributed by atoms with van der Waals surface area (Å²) in [5.74, 6) is -3.18. The first kappa shape index (κ1) is 22.5. The van der Waals surface area contributed by atoms with E-state index in [1.54, 1.807) is 12.3 Å². The zero-order valence-corrected chi connectivity index (χ0v) is 16.4. The second kappa shape index (κ2) is 8.88. The van der Waals surface area contributed by atoms with Crippen LogP contribution in [0.4, 0.5) is 28.0 Å². The SMILES string of the molecule is Cc1cc(F)c(NC(=O)N2C3CNCC2C3)cc1-c1ccccn1.O=C(O)C(F)(F)F. The van der Waals surface area contributed by atoms with Crippen LogP contribution in [0.1, 0.15) is 12.0 Å². The van der Waals surface area contributed by atoms with Crippen molar-refractivity contribution in [3.05, 3.63) is 47.9 Å². The molecule has 3 N–H and O–H groups in total. The molecule has 7 nitrogen and oxygen atoms in total. The van der Waals surface area contributed by atoms with Gasteiger partial charge < -0.3 is 20.6 Å². The van der Waals surface area contributed by atoms with Crippen molar-refractivity contribution in [1.82, 2.24) is 15.2 Å². The van der Waals surface area contributed by atoms with Crippen molar-refractivity contribution in [2.45, 2.75) is 31.6 Å². The van der Waals surface area contributed by atoms with Crippen molar-refractivity contribution in [2.24, 2.45) is 0 Å². The minimum atomic E-state index is -5.08. The molecule has 2 aliphatic heterocycles. The molecule has 2 fully saturated rings. The number of hydrogen-bond donors (Lipinski definition) is 3. The largest absolute Gasteiger partial charge is 0.490 e. The molecule has 0 radical (unpaired) electrons. The number of carboxylic acid groups (broad SMARTS) is 1. The number of pyridine rings is 1. The molecule has 2 bridgehead atoms. The van der Waals surface area contributed by atoms with Gasteiger partial charge in [-0.2, -0.15) is 13.2 Å². The molecule has 4 rings (SSSR count). The number of carbonyl (C=O) groups excluding carboxylic acids is 1. The summed E-state index contributed by atoms with van der Waals surface area (Å²) >= 11 is 0. The molecular weight excluding hydrogens is 420 g/mol. The number of nitrogens with zero attached hydrogens (tertiary/aromatic N) is 2. The Morgan fingerprint density at radius 1 is 1.23 bits per heavy atom. The number of aliphatic carboxylic acids is 1. The molecular formula is C20H20F4N4O3. The standard InChI is InChI=1S/C18H19FN4O.C2HF3O2/c1-11-6-15(19)17(8-14(11)16-4-2-3-5-21-16)22-18(24)23-12-7-13(23)10-20-9-12;3-2(4,5)1(6)7/h2-6,8,12-13,20H,7,9-10H2,1H3,(H,22,24);(H,6,7). The maximum absolute atomic E-state index is 14.3. The molecule has 3 heterocycles. The maximum Gasteiger partial charge on any atom is 0.490 e. The van der Waals surface area contributed by atoms with Gasteiger partial charge in [-0.1, -0.05) is 6.07 Å². The lowest BCUT2D eigenvalue weighted by Crippen LogP contribution is -2.70. The Hall–Kier alpha value is -3.21. The molecule has 1 aromatic carbocycles. The fourth-order valence-corrected chi connectivity index (χ4v) is 3.56. The van der Waals surface area contributed by atoms with Crippen molar-refractivity contribution in [1.29, 1.82) is 0 Å². The summed E-state index contributed by atoms with van der Waals surface area (Å²) in [5.41, 5.74) is 2.56. The third-order valence-electron chi connectivity index (χ3n) is 5.06. The minimum absolute atomic E-state index is 0.198. The van der Waals surface area contributed by atoms with Gasteiger partial charge in [-0.3, -0.25) is 4.98 Å². The Balaban J connectivity index is 0.000000339. The maximum atomic E-state index is 14.3. The number of anilines is 1. The fraction of sp³-hybridized carbons (Fsp3) is 0.350. The highest BCUT2D eigenvalue weighted by atomic mass is 19.4. The highest BCUT2D eigenvalue weighted by Gasteiger charge is 2.44. The Labute approximate surface area is 175 Å². The molecule has 31 heavy (non-hydrogen) atoms. The van der Waals surface area contributed by atoms with Crippen LogP contribution in [0.2, 0.25) is 0 Å². The highest BCUT2D eigenvalue weighted by Crippen LogP contribution is 2.31. The van der Waals surface area contributed by atoms with Crippen LogP contribution >= 0.6 is 0 Å². The number of alkyl halides is 3. The number of piperidine rings is 1. The van der Waals surface area contributed by atoms with Gasteiger partial charge >= 0.3 is 18.2 Å². The first-order valence-corrected chi connectivity index (χ1v) is 9.39. The number of aromatic nitrogens is 1. The van der Waals surface area contributed by atoms with Crippen LogP contribution in [0, 0.1) is 12.7 Å². The summed E-state index contributed by atoms with van der Waals surface area (Å²) < 4.78 is 46.1. The summed E-state index contributed by atoms with van der Waals surface area (Å²) in [4.78, 5) is 27.5. The second-order valence-electron chi connectivity index (χ2n) is 7.20. The van der Waals surface area contributed by atoms with Crippen LogP contribution in [0.3, 0.4) is 0 Å². The van der Waals surface area contributed by atoms with Crippen molar-refractivity contribution in [2.75, 3.05) is 18.4 Å². The van der Waals surface area contributed by atoms with Crippen molar-refractivity contribution >= 4 is 17.7 Å². The van der Waals surface area contributed by atoms with Crippen LogP contribution < -0.4 is 10.6 Å². The Morgan fingerprint density at radius 3 is 2.39 bits per heavy atom. The van der Waals surface area contributed by atoms with E-state index in [4.69, 9.17) is 9.90 Å². The molecule has 2 saturated heterocycles. The van der Waals surface area contributed by atoms with Crippen LogP contribution in [0.25, 0.3) is 11.3 Å². The second-order valence-corrected chi connectivity index (χ2v) is 7.20. The predicted molar refractivity (Wildman–Crippen MR) is 104 cm³/mol. The van der Waals surface area contributed by atoms with Gasteiger partial charge in [0.25, 0.3) is 0 Å². The highest BCUT2D eigenvalue weighted by molar-refractivity contribution is 5.91. The van der Waals surface area contributed by atoms with Crippen LogP contribution in [-0.4, -0.2) is 58.3 Å². The summed E-state index contributed by atoms with van der Waals surface area (Å²) in [7, 11) is 0. The third-order valence-corrected chi connectivity index (χ3v) is 5.06. The van der Waals surface area contributed by atoms with Crippen LogP contribution in [0.15, 0.2) is 36.5 Å². The number of aryl methyl sites for hydroxylation is 1. The molecule has 2 unspecified atom stereocenters. The lowest BCUT2D eigenvalue weighted by atomic mass is 9.89. The fourth-order valence-electron chi connectivity index (χ4n) is 3.56. The zero-order valence-electron chi connectivity index (χ0n) is 16.4. The van der Waals surface area contributed by atoms with Gasteiger partial charge in [0.15, 0.2) is 0 Å². The molecule has 0 aliphatic carbocycles. The predicted octanol–water partition coefficient (Wildman–Crippen LogP) is 3.41. The van der Waals surface area contributed by atoms with E-state index in [0.29, 0.717) is 0 Å². The number of piperazine rings is 1. The molecule has 11 heteroatoms. The third kappa shape index (κ3) is 5.10. The molecule has 0 spiro atoms. The van der Waals surface area contributed by atoms with Gasteiger partial charge in [0.1, 0.15) is 5.82 Å². The van der Waals surface area contributed by atoms with Crippen molar-refractivity contribution in [3.8, 4) is 11.3 Å². The van der Waals surface area contributed by atoms with Gasteiger partial charge in [-0.15, -0.1) is 0 Å². The molecule has 2 atom stereocenters. The number of halogens is 4. The smallest absolute Gasteiger partial charge is 0.475 e. The first-order chi connectivity index (χ1) is 14.6. The molecule has 166 valence electrons. The lowest BCUT2D eigenvalue weighted by molar-refractivity contribution is -0.192. The quantitative estimate of drug-likeness (QED) is 0.623. The number of fused-ring (bicyclic) bond motifs is 2. The van der Waals surface area contributed by atoms with E-state index < -0.39 is 18.0 Å². The van der Waals surface area contributed by atoms with E-state index in [1.807, 2.05) is 30.0 Å². The van der Waals surface area contributed by atoms with E-state index in [9.17, 15) is 22.4 Å². The number of benzene rings is 1. The van der Waals surface area contributed by atoms with E-state index in [0.717, 1.165) is 36.3 Å². The zero-order chi connectivity index (χ0) is 22.8. The summed E-state index contributed by atoms with van der Waals surface area (Å²) in [6, 6.07) is 8.90. The number of amides is 2. The summed E-state index contributed by atoms with van der Waals surface area (Å²) in [5, 5.41) is 13.1. The minimum Gasteiger partial charge on any atom is -0.475 e. The van der Waals surface area contributed by atoms with Crippen LogP contribution in [-0.2, 0) is 4.79 Å². The number of nitrogens with one attached hydrogen (secondary N) is 2. The molecule has 2 amide bonds. The van der Waals surface area contributed by atoms with E-state index in [2.05, 4.69) is 15.6 Å². The van der Waals surface area contributed by atoms with E-state index in [1.165, 1.54) is 6.07 Å². The Kier molecular flexibility index (Phi) is 6.44. The normalized spacial score (nSPS) is 19.6. The average molecular weight is 440 g/mol. The topological polar surface area (TPSA) is 94.6 Å². The van der Waals surface area contributed by atoms with Gasteiger partial charge in [-0.05, 0) is 43.2 Å². The number of carbonyl (C=O) groups is 2. The summed E-state index contributed by atoms with van der Waals surface area (Å²) in [6.45, 7) is 3.45. The van der Waals surface area contributed by atoms with Gasteiger partial charge in [0.05, 0.1) is 11.4 Å². The molecule has 0 saturated carbocycles. The molecule has 2 aromatic rings. The lowest BCUT2D eigenvalue weighted by Gasteiger charge is -2.52.